The molecule has 0 saturated heterocycles. The number of rotatable bonds is 8. The van der Waals surface area contributed by atoms with E-state index in [0.29, 0.717) is 31.0 Å². The van der Waals surface area contributed by atoms with Crippen LogP contribution in [0.25, 0.3) is 0 Å². The van der Waals surface area contributed by atoms with Gasteiger partial charge in [0.1, 0.15) is 0 Å². The van der Waals surface area contributed by atoms with Crippen LogP contribution in [-0.2, 0) is 21.3 Å². The van der Waals surface area contributed by atoms with E-state index in [9.17, 15) is 8.42 Å². The molecule has 0 aliphatic carbocycles. The van der Waals surface area contributed by atoms with Crippen LogP contribution in [0.2, 0.25) is 0 Å². The fraction of sp³-hybridized carbons (Fsp3) is 0.312. The molecule has 0 aliphatic heterocycles. The number of nitrogens with zero attached hydrogens (tertiary/aromatic N) is 2. The topological polar surface area (TPSA) is 59.5 Å². The number of hydrogen-bond acceptors (Lipinski definition) is 4. The van der Waals surface area contributed by atoms with Gasteiger partial charge < -0.3 is 4.74 Å². The van der Waals surface area contributed by atoms with Gasteiger partial charge in [0.05, 0.1) is 4.90 Å². The SMILES string of the molecule is COCCCN(Cc1ccncc1)S(=O)(=O)c1ccccc1. The molecule has 0 atom stereocenters. The lowest BCUT2D eigenvalue weighted by Crippen LogP contribution is -2.32. The van der Waals surface area contributed by atoms with E-state index in [1.807, 2.05) is 12.1 Å². The third kappa shape index (κ3) is 4.37. The molecule has 2 rings (SSSR count). The minimum Gasteiger partial charge on any atom is -0.385 e. The lowest BCUT2D eigenvalue weighted by Gasteiger charge is -2.22. The second kappa shape index (κ2) is 8.03. The summed E-state index contributed by atoms with van der Waals surface area (Å²) in [7, 11) is -1.91. The van der Waals surface area contributed by atoms with Crippen molar-refractivity contribution >= 4 is 10.0 Å². The monoisotopic (exact) mass is 320 g/mol. The summed E-state index contributed by atoms with van der Waals surface area (Å²) in [5.74, 6) is 0. The number of aromatic nitrogens is 1. The Hall–Kier alpha value is -1.76. The minimum absolute atomic E-state index is 0.307. The van der Waals surface area contributed by atoms with E-state index in [1.165, 1.54) is 4.31 Å². The van der Waals surface area contributed by atoms with Crippen molar-refractivity contribution in [3.8, 4) is 0 Å². The van der Waals surface area contributed by atoms with Crippen molar-refractivity contribution in [3.63, 3.8) is 0 Å². The van der Waals surface area contributed by atoms with Crippen LogP contribution < -0.4 is 0 Å². The maximum absolute atomic E-state index is 12.8. The highest BCUT2D eigenvalue weighted by atomic mass is 32.2. The Morgan fingerprint density at radius 3 is 2.41 bits per heavy atom. The molecule has 0 spiro atoms. The van der Waals surface area contributed by atoms with Gasteiger partial charge in [-0.15, -0.1) is 0 Å². The summed E-state index contributed by atoms with van der Waals surface area (Å²) in [5, 5.41) is 0. The van der Waals surface area contributed by atoms with Crippen molar-refractivity contribution < 1.29 is 13.2 Å². The van der Waals surface area contributed by atoms with E-state index in [-0.39, 0.29) is 0 Å². The average Bonchev–Trinajstić information content (AvgIpc) is 2.56. The normalized spacial score (nSPS) is 11.7. The van der Waals surface area contributed by atoms with Crippen LogP contribution >= 0.6 is 0 Å². The number of benzene rings is 1. The molecule has 0 N–H and O–H groups in total. The Kier molecular flexibility index (Phi) is 6.06. The molecule has 22 heavy (non-hydrogen) atoms. The van der Waals surface area contributed by atoms with Gasteiger partial charge in [0.25, 0.3) is 0 Å². The zero-order valence-electron chi connectivity index (χ0n) is 12.6. The lowest BCUT2D eigenvalue weighted by molar-refractivity contribution is 0.186. The molecule has 0 fully saturated rings. The van der Waals surface area contributed by atoms with Gasteiger partial charge in [-0.1, -0.05) is 18.2 Å². The standard InChI is InChI=1S/C16H20N2O3S/c1-21-13-5-12-18(14-15-8-10-17-11-9-15)22(19,20)16-6-3-2-4-7-16/h2-4,6-11H,5,12-14H2,1H3. The van der Waals surface area contributed by atoms with Crippen molar-refractivity contribution in [2.75, 3.05) is 20.3 Å². The Morgan fingerprint density at radius 1 is 1.09 bits per heavy atom. The molecule has 2 aromatic rings. The lowest BCUT2D eigenvalue weighted by atomic mass is 10.2. The van der Waals surface area contributed by atoms with Crippen LogP contribution in [0.5, 0.6) is 0 Å². The van der Waals surface area contributed by atoms with E-state index in [2.05, 4.69) is 4.98 Å². The number of ether oxygens (including phenoxy) is 1. The van der Waals surface area contributed by atoms with E-state index in [4.69, 9.17) is 4.74 Å². The van der Waals surface area contributed by atoms with E-state index in [1.54, 1.807) is 49.8 Å². The summed E-state index contributed by atoms with van der Waals surface area (Å²) in [6, 6.07) is 12.1. The highest BCUT2D eigenvalue weighted by Gasteiger charge is 2.23. The molecule has 118 valence electrons. The largest absolute Gasteiger partial charge is 0.385 e. The van der Waals surface area contributed by atoms with Crippen LogP contribution in [0, 0.1) is 0 Å². The molecule has 0 unspecified atom stereocenters. The van der Waals surface area contributed by atoms with Crippen LogP contribution in [0.3, 0.4) is 0 Å². The summed E-state index contributed by atoms with van der Waals surface area (Å²) < 4.78 is 32.1. The van der Waals surface area contributed by atoms with Crippen LogP contribution in [-0.4, -0.2) is 38.0 Å². The zero-order valence-corrected chi connectivity index (χ0v) is 13.4. The summed E-state index contributed by atoms with van der Waals surface area (Å²) in [4.78, 5) is 4.27. The van der Waals surface area contributed by atoms with Gasteiger partial charge in [-0.3, -0.25) is 4.98 Å². The first-order valence-corrected chi connectivity index (χ1v) is 8.51. The number of sulfonamides is 1. The molecule has 1 aromatic carbocycles. The molecule has 1 aromatic heterocycles. The van der Waals surface area contributed by atoms with Gasteiger partial charge in [-0.05, 0) is 36.2 Å². The molecule has 6 heteroatoms. The number of pyridine rings is 1. The molecular formula is C16H20N2O3S. The van der Waals surface area contributed by atoms with Crippen molar-refractivity contribution in [3.05, 3.63) is 60.4 Å². The summed E-state index contributed by atoms with van der Waals surface area (Å²) in [5.41, 5.74) is 0.909. The van der Waals surface area contributed by atoms with Crippen molar-refractivity contribution in [1.29, 1.82) is 0 Å². The summed E-state index contributed by atoms with van der Waals surface area (Å²) in [6.45, 7) is 1.26. The van der Waals surface area contributed by atoms with Gasteiger partial charge in [0, 0.05) is 39.2 Å². The average molecular weight is 320 g/mol. The van der Waals surface area contributed by atoms with E-state index in [0.717, 1.165) is 5.56 Å². The molecule has 0 amide bonds. The first-order chi connectivity index (χ1) is 10.6. The molecule has 0 saturated carbocycles. The van der Waals surface area contributed by atoms with Crippen molar-refractivity contribution in [1.82, 2.24) is 9.29 Å². The van der Waals surface area contributed by atoms with Gasteiger partial charge in [-0.25, -0.2) is 8.42 Å². The highest BCUT2D eigenvalue weighted by molar-refractivity contribution is 7.89. The summed E-state index contributed by atoms with van der Waals surface area (Å²) >= 11 is 0. The van der Waals surface area contributed by atoms with Crippen molar-refractivity contribution in [2.24, 2.45) is 0 Å². The van der Waals surface area contributed by atoms with Gasteiger partial charge >= 0.3 is 0 Å². The molecule has 0 aliphatic rings. The zero-order chi connectivity index (χ0) is 15.8. The fourth-order valence-electron chi connectivity index (χ4n) is 2.10. The third-order valence-corrected chi connectivity index (χ3v) is 5.10. The predicted octanol–water partition coefficient (Wildman–Crippen LogP) is 2.31. The van der Waals surface area contributed by atoms with Crippen molar-refractivity contribution in [2.45, 2.75) is 17.9 Å². The van der Waals surface area contributed by atoms with Crippen LogP contribution in [0.4, 0.5) is 0 Å². The fourth-order valence-corrected chi connectivity index (χ4v) is 3.59. The Morgan fingerprint density at radius 2 is 1.77 bits per heavy atom. The Bertz CT molecular complexity index is 660. The maximum Gasteiger partial charge on any atom is 0.243 e. The molecule has 0 bridgehead atoms. The first-order valence-electron chi connectivity index (χ1n) is 7.07. The van der Waals surface area contributed by atoms with Crippen LogP contribution in [0.15, 0.2) is 59.8 Å². The second-order valence-corrected chi connectivity index (χ2v) is 6.79. The van der Waals surface area contributed by atoms with Gasteiger partial charge in [0.2, 0.25) is 10.0 Å². The number of hydrogen-bond donors (Lipinski definition) is 0. The van der Waals surface area contributed by atoms with Gasteiger partial charge in [-0.2, -0.15) is 4.31 Å². The quantitative estimate of drug-likeness (QED) is 0.700. The predicted molar refractivity (Wildman–Crippen MR) is 84.8 cm³/mol. The Labute approximate surface area is 131 Å². The summed E-state index contributed by atoms with van der Waals surface area (Å²) in [6.07, 6.45) is 3.98. The van der Waals surface area contributed by atoms with E-state index >= 15 is 0 Å². The maximum atomic E-state index is 12.8. The number of methoxy groups -OCH3 is 1. The van der Waals surface area contributed by atoms with E-state index < -0.39 is 10.0 Å². The third-order valence-electron chi connectivity index (χ3n) is 3.25. The first kappa shape index (κ1) is 16.6. The molecule has 0 radical (unpaired) electrons. The second-order valence-electron chi connectivity index (χ2n) is 4.85. The smallest absolute Gasteiger partial charge is 0.243 e. The minimum atomic E-state index is -3.52. The molecule has 5 nitrogen and oxygen atoms in total. The molecule has 1 heterocycles. The van der Waals surface area contributed by atoms with Gasteiger partial charge in [0.15, 0.2) is 0 Å². The Balaban J connectivity index is 2.23. The molecular weight excluding hydrogens is 300 g/mol. The highest BCUT2D eigenvalue weighted by Crippen LogP contribution is 2.18. The van der Waals surface area contributed by atoms with Crippen LogP contribution in [0.1, 0.15) is 12.0 Å².